The number of carbonyl (C=O) groups excluding carboxylic acids is 1. The summed E-state index contributed by atoms with van der Waals surface area (Å²) in [7, 11) is 0. The van der Waals surface area contributed by atoms with Gasteiger partial charge in [-0.1, -0.05) is 6.42 Å². The highest BCUT2D eigenvalue weighted by molar-refractivity contribution is 5.94. The van der Waals surface area contributed by atoms with Crippen molar-refractivity contribution in [2.24, 2.45) is 17.6 Å². The van der Waals surface area contributed by atoms with E-state index in [1.54, 1.807) is 13.0 Å². The van der Waals surface area contributed by atoms with E-state index in [9.17, 15) is 14.9 Å². The number of nitrogens with two attached hydrogens (primary N) is 1. The summed E-state index contributed by atoms with van der Waals surface area (Å²) < 4.78 is 0. The molecule has 2 unspecified atom stereocenters. The number of aryl methyl sites for hydroxylation is 2. The zero-order chi connectivity index (χ0) is 15.6. The molecule has 6 nitrogen and oxygen atoms in total. The lowest BCUT2D eigenvalue weighted by Crippen LogP contribution is -2.30. The van der Waals surface area contributed by atoms with Crippen molar-refractivity contribution in [2.45, 2.75) is 33.1 Å². The predicted octanol–water partition coefficient (Wildman–Crippen LogP) is 2.53. The van der Waals surface area contributed by atoms with Crippen LogP contribution in [0.2, 0.25) is 0 Å². The van der Waals surface area contributed by atoms with E-state index in [1.807, 2.05) is 6.92 Å². The normalized spacial score (nSPS) is 21.3. The summed E-state index contributed by atoms with van der Waals surface area (Å²) >= 11 is 0. The third-order valence-electron chi connectivity index (χ3n) is 4.30. The molecule has 0 aliphatic heterocycles. The van der Waals surface area contributed by atoms with Crippen molar-refractivity contribution < 1.29 is 9.72 Å². The van der Waals surface area contributed by atoms with Gasteiger partial charge in [-0.05, 0) is 50.8 Å². The molecular formula is C15H21N3O3. The van der Waals surface area contributed by atoms with E-state index in [0.29, 0.717) is 17.8 Å². The van der Waals surface area contributed by atoms with Crippen LogP contribution in [0.25, 0.3) is 0 Å². The summed E-state index contributed by atoms with van der Waals surface area (Å²) in [6.45, 7) is 4.03. The number of hydrogen-bond acceptors (Lipinski definition) is 4. The Morgan fingerprint density at radius 3 is 2.71 bits per heavy atom. The Kier molecular flexibility index (Phi) is 4.57. The van der Waals surface area contributed by atoms with Crippen LogP contribution in [0.5, 0.6) is 0 Å². The first-order chi connectivity index (χ1) is 9.93. The average molecular weight is 291 g/mol. The molecule has 0 radical (unpaired) electrons. The highest BCUT2D eigenvalue weighted by atomic mass is 16.6. The monoisotopic (exact) mass is 291 g/mol. The third kappa shape index (κ3) is 3.21. The second-order valence-electron chi connectivity index (χ2n) is 5.73. The van der Waals surface area contributed by atoms with Crippen molar-refractivity contribution in [3.8, 4) is 0 Å². The van der Waals surface area contributed by atoms with Crippen LogP contribution in [-0.4, -0.2) is 17.4 Å². The van der Waals surface area contributed by atoms with Gasteiger partial charge in [0.05, 0.1) is 10.6 Å². The molecule has 2 atom stereocenters. The standard InChI is InChI=1S/C15H21N3O3/c1-9-6-10(2)14(18(20)21)7-13(9)17-15(19)12-5-3-4-11(12)8-16/h6-7,11-12H,3-5,8,16H2,1-2H3,(H,17,19). The van der Waals surface area contributed by atoms with Crippen LogP contribution in [0.15, 0.2) is 12.1 Å². The predicted molar refractivity (Wildman–Crippen MR) is 81.1 cm³/mol. The number of anilines is 1. The molecule has 6 heteroatoms. The van der Waals surface area contributed by atoms with Gasteiger partial charge in [-0.25, -0.2) is 0 Å². The smallest absolute Gasteiger partial charge is 0.274 e. The Bertz CT molecular complexity index is 572. The van der Waals surface area contributed by atoms with Gasteiger partial charge in [-0.15, -0.1) is 0 Å². The Morgan fingerprint density at radius 2 is 2.10 bits per heavy atom. The number of nitro groups is 1. The van der Waals surface area contributed by atoms with Gasteiger partial charge in [0.2, 0.25) is 5.91 Å². The minimum Gasteiger partial charge on any atom is -0.330 e. The Hall–Kier alpha value is -1.95. The SMILES string of the molecule is Cc1cc(C)c([N+](=O)[O-])cc1NC(=O)C1CCCC1CN. The molecule has 1 amide bonds. The Labute approximate surface area is 123 Å². The Morgan fingerprint density at radius 1 is 1.38 bits per heavy atom. The maximum atomic E-state index is 12.4. The molecule has 0 saturated heterocycles. The zero-order valence-electron chi connectivity index (χ0n) is 12.4. The van der Waals surface area contributed by atoms with E-state index in [-0.39, 0.29) is 23.4 Å². The number of nitro benzene ring substituents is 1. The molecule has 1 aromatic rings. The van der Waals surface area contributed by atoms with Crippen molar-refractivity contribution in [1.29, 1.82) is 0 Å². The number of benzene rings is 1. The fourth-order valence-electron chi connectivity index (χ4n) is 3.06. The van der Waals surface area contributed by atoms with Crippen molar-refractivity contribution in [3.63, 3.8) is 0 Å². The number of hydrogen-bond donors (Lipinski definition) is 2. The van der Waals surface area contributed by atoms with E-state index in [2.05, 4.69) is 5.32 Å². The molecule has 0 aromatic heterocycles. The van der Waals surface area contributed by atoms with E-state index < -0.39 is 4.92 Å². The van der Waals surface area contributed by atoms with Crippen LogP contribution in [0.4, 0.5) is 11.4 Å². The first kappa shape index (κ1) is 15.4. The molecular weight excluding hydrogens is 270 g/mol. The zero-order valence-corrected chi connectivity index (χ0v) is 12.4. The molecule has 114 valence electrons. The minimum absolute atomic E-state index is 0.0256. The third-order valence-corrected chi connectivity index (χ3v) is 4.30. The summed E-state index contributed by atoms with van der Waals surface area (Å²) in [5.74, 6) is 0.0460. The number of nitrogens with zero attached hydrogens (tertiary/aromatic N) is 1. The molecule has 1 aliphatic rings. The van der Waals surface area contributed by atoms with Gasteiger partial charge < -0.3 is 11.1 Å². The molecule has 1 aliphatic carbocycles. The lowest BCUT2D eigenvalue weighted by Gasteiger charge is -2.18. The van der Waals surface area contributed by atoms with Gasteiger partial charge in [0.15, 0.2) is 0 Å². The fourth-order valence-corrected chi connectivity index (χ4v) is 3.06. The molecule has 21 heavy (non-hydrogen) atoms. The largest absolute Gasteiger partial charge is 0.330 e. The summed E-state index contributed by atoms with van der Waals surface area (Å²) in [5.41, 5.74) is 7.66. The highest BCUT2D eigenvalue weighted by Crippen LogP contribution is 2.33. The van der Waals surface area contributed by atoms with Crippen LogP contribution in [0, 0.1) is 35.8 Å². The fraction of sp³-hybridized carbons (Fsp3) is 0.533. The molecule has 1 aromatic carbocycles. The van der Waals surface area contributed by atoms with Gasteiger partial charge in [-0.2, -0.15) is 0 Å². The van der Waals surface area contributed by atoms with Gasteiger partial charge in [0.25, 0.3) is 5.69 Å². The van der Waals surface area contributed by atoms with Crippen molar-refractivity contribution in [2.75, 3.05) is 11.9 Å². The van der Waals surface area contributed by atoms with Gasteiger partial charge in [0, 0.05) is 17.5 Å². The first-order valence-corrected chi connectivity index (χ1v) is 7.20. The van der Waals surface area contributed by atoms with Crippen LogP contribution < -0.4 is 11.1 Å². The van der Waals surface area contributed by atoms with E-state index in [0.717, 1.165) is 24.8 Å². The second kappa shape index (κ2) is 6.22. The highest BCUT2D eigenvalue weighted by Gasteiger charge is 2.32. The number of carbonyl (C=O) groups is 1. The summed E-state index contributed by atoms with van der Waals surface area (Å²) in [4.78, 5) is 22.9. The number of amides is 1. The van der Waals surface area contributed by atoms with Crippen molar-refractivity contribution in [3.05, 3.63) is 33.4 Å². The number of rotatable bonds is 4. The molecule has 3 N–H and O–H groups in total. The molecule has 0 heterocycles. The Balaban J connectivity index is 2.21. The summed E-state index contributed by atoms with van der Waals surface area (Å²) in [6, 6.07) is 3.16. The van der Waals surface area contributed by atoms with E-state index in [4.69, 9.17) is 5.73 Å². The van der Waals surface area contributed by atoms with Crippen molar-refractivity contribution >= 4 is 17.3 Å². The first-order valence-electron chi connectivity index (χ1n) is 7.20. The lowest BCUT2D eigenvalue weighted by atomic mass is 9.95. The molecule has 1 saturated carbocycles. The second-order valence-corrected chi connectivity index (χ2v) is 5.73. The summed E-state index contributed by atoms with van der Waals surface area (Å²) in [6.07, 6.45) is 2.81. The van der Waals surface area contributed by atoms with E-state index in [1.165, 1.54) is 6.07 Å². The lowest BCUT2D eigenvalue weighted by molar-refractivity contribution is -0.385. The molecule has 0 bridgehead atoms. The maximum Gasteiger partial charge on any atom is 0.274 e. The van der Waals surface area contributed by atoms with Crippen LogP contribution in [0.1, 0.15) is 30.4 Å². The van der Waals surface area contributed by atoms with E-state index >= 15 is 0 Å². The number of nitrogens with one attached hydrogen (secondary N) is 1. The van der Waals surface area contributed by atoms with Gasteiger partial charge >= 0.3 is 0 Å². The minimum atomic E-state index is -0.428. The van der Waals surface area contributed by atoms with Crippen LogP contribution in [0.3, 0.4) is 0 Å². The van der Waals surface area contributed by atoms with Crippen molar-refractivity contribution in [1.82, 2.24) is 0 Å². The van der Waals surface area contributed by atoms with Crippen LogP contribution >= 0.6 is 0 Å². The average Bonchev–Trinajstić information content (AvgIpc) is 2.89. The molecule has 1 fully saturated rings. The molecule has 0 spiro atoms. The summed E-state index contributed by atoms with van der Waals surface area (Å²) in [5, 5.41) is 13.8. The maximum absolute atomic E-state index is 12.4. The van der Waals surface area contributed by atoms with Gasteiger partial charge in [-0.3, -0.25) is 14.9 Å². The quantitative estimate of drug-likeness (QED) is 0.657. The van der Waals surface area contributed by atoms with Gasteiger partial charge in [0.1, 0.15) is 0 Å². The topological polar surface area (TPSA) is 98.3 Å². The molecule has 2 rings (SSSR count). The van der Waals surface area contributed by atoms with Crippen LogP contribution in [-0.2, 0) is 4.79 Å².